The number of likely N-dealkylation sites (tertiary alicyclic amines) is 1. The van der Waals surface area contributed by atoms with Gasteiger partial charge in [0.05, 0.1) is 0 Å². The number of aryl methyl sites for hydroxylation is 1. The Labute approximate surface area is 178 Å². The van der Waals surface area contributed by atoms with E-state index in [1.54, 1.807) is 0 Å². The van der Waals surface area contributed by atoms with E-state index >= 15 is 0 Å². The highest BCUT2D eigenvalue weighted by molar-refractivity contribution is 14.0. The Morgan fingerprint density at radius 3 is 2.78 bits per heavy atom. The van der Waals surface area contributed by atoms with Crippen molar-refractivity contribution < 1.29 is 4.79 Å². The van der Waals surface area contributed by atoms with Crippen LogP contribution in [0, 0.1) is 0 Å². The molecule has 1 aromatic heterocycles. The second kappa shape index (κ2) is 11.2. The minimum Gasteiger partial charge on any atom is -0.361 e. The molecule has 0 atom stereocenters. The Morgan fingerprint density at radius 2 is 2.00 bits per heavy atom. The van der Waals surface area contributed by atoms with E-state index in [4.69, 9.17) is 0 Å². The number of nitrogens with one attached hydrogen (secondary N) is 3. The fourth-order valence-electron chi connectivity index (χ4n) is 3.38. The fourth-order valence-corrected chi connectivity index (χ4v) is 3.38. The molecule has 3 N–H and O–H groups in total. The lowest BCUT2D eigenvalue weighted by Crippen LogP contribution is -2.39. The zero-order chi connectivity index (χ0) is 18.2. The SMILES string of the molecule is CCNC(=NCC(=O)N1CCCC1)NCCCc1c[nH]c2ccccc12.I. The highest BCUT2D eigenvalue weighted by atomic mass is 127. The predicted octanol–water partition coefficient (Wildman–Crippen LogP) is 2.90. The van der Waals surface area contributed by atoms with Crippen LogP contribution in [0.4, 0.5) is 0 Å². The number of H-pyrrole nitrogens is 1. The van der Waals surface area contributed by atoms with Gasteiger partial charge in [0.25, 0.3) is 0 Å². The molecule has 148 valence electrons. The summed E-state index contributed by atoms with van der Waals surface area (Å²) in [5.41, 5.74) is 2.53. The standard InChI is InChI=1S/C20H29N5O.HI/c1-2-21-20(24-15-19(26)25-12-5-6-13-25)22-11-7-8-16-14-23-18-10-4-3-9-17(16)18;/h3-4,9-10,14,23H,2,5-8,11-13,15H2,1H3,(H2,21,22,24);1H. The van der Waals surface area contributed by atoms with Gasteiger partial charge >= 0.3 is 0 Å². The van der Waals surface area contributed by atoms with Crippen LogP contribution in [0.15, 0.2) is 35.5 Å². The first-order chi connectivity index (χ1) is 12.8. The summed E-state index contributed by atoms with van der Waals surface area (Å²) in [6.45, 7) is 5.62. The number of fused-ring (bicyclic) bond motifs is 1. The van der Waals surface area contributed by atoms with Gasteiger partial charge in [-0.25, -0.2) is 4.99 Å². The number of carbonyl (C=O) groups excluding carboxylic acids is 1. The first kappa shape index (κ1) is 21.5. The lowest BCUT2D eigenvalue weighted by Gasteiger charge is -2.15. The van der Waals surface area contributed by atoms with Crippen LogP contribution in [0.5, 0.6) is 0 Å². The highest BCUT2D eigenvalue weighted by Crippen LogP contribution is 2.18. The maximum atomic E-state index is 12.1. The third-order valence-electron chi connectivity index (χ3n) is 4.77. The van der Waals surface area contributed by atoms with Gasteiger partial charge in [-0.2, -0.15) is 0 Å². The maximum absolute atomic E-state index is 12.1. The molecule has 2 aromatic rings. The summed E-state index contributed by atoms with van der Waals surface area (Å²) in [5, 5.41) is 7.84. The van der Waals surface area contributed by atoms with Gasteiger partial charge in [-0.1, -0.05) is 18.2 Å². The van der Waals surface area contributed by atoms with Crippen molar-refractivity contribution in [2.24, 2.45) is 4.99 Å². The number of aromatic amines is 1. The van der Waals surface area contributed by atoms with Crippen LogP contribution >= 0.6 is 24.0 Å². The minimum atomic E-state index is 0. The maximum Gasteiger partial charge on any atom is 0.244 e. The number of halogens is 1. The van der Waals surface area contributed by atoms with Gasteiger partial charge in [-0.05, 0) is 44.2 Å². The Balaban J connectivity index is 0.00000261. The van der Waals surface area contributed by atoms with Crippen LogP contribution in [-0.4, -0.2) is 54.5 Å². The Morgan fingerprint density at radius 1 is 1.22 bits per heavy atom. The second-order valence-electron chi connectivity index (χ2n) is 6.67. The molecule has 0 radical (unpaired) electrons. The first-order valence-corrected chi connectivity index (χ1v) is 9.63. The molecular formula is C20H30IN5O. The molecule has 1 aromatic carbocycles. The van der Waals surface area contributed by atoms with Crippen molar-refractivity contribution in [1.29, 1.82) is 0 Å². The van der Waals surface area contributed by atoms with Gasteiger partial charge in [0, 0.05) is 43.3 Å². The second-order valence-corrected chi connectivity index (χ2v) is 6.67. The van der Waals surface area contributed by atoms with Crippen LogP contribution < -0.4 is 10.6 Å². The molecule has 27 heavy (non-hydrogen) atoms. The third-order valence-corrected chi connectivity index (χ3v) is 4.77. The lowest BCUT2D eigenvalue weighted by atomic mass is 10.1. The number of nitrogens with zero attached hydrogens (tertiary/aromatic N) is 2. The Kier molecular flexibility index (Phi) is 8.90. The number of para-hydroxylation sites is 1. The average Bonchev–Trinajstić information content (AvgIpc) is 3.33. The highest BCUT2D eigenvalue weighted by Gasteiger charge is 2.17. The third kappa shape index (κ3) is 6.12. The Hall–Kier alpha value is -1.77. The predicted molar refractivity (Wildman–Crippen MR) is 122 cm³/mol. The van der Waals surface area contributed by atoms with Crippen LogP contribution in [0.1, 0.15) is 31.7 Å². The molecule has 6 nitrogen and oxygen atoms in total. The molecule has 1 fully saturated rings. The van der Waals surface area contributed by atoms with Gasteiger partial charge in [-0.3, -0.25) is 4.79 Å². The number of benzene rings is 1. The summed E-state index contributed by atoms with van der Waals surface area (Å²) in [7, 11) is 0. The average molecular weight is 483 g/mol. The number of rotatable bonds is 7. The number of carbonyl (C=O) groups is 1. The smallest absolute Gasteiger partial charge is 0.244 e. The van der Waals surface area contributed by atoms with Gasteiger partial charge in [0.2, 0.25) is 5.91 Å². The first-order valence-electron chi connectivity index (χ1n) is 9.63. The van der Waals surface area contributed by atoms with Crippen LogP contribution in [0.25, 0.3) is 10.9 Å². The topological polar surface area (TPSA) is 72.5 Å². The molecule has 1 amide bonds. The molecule has 0 spiro atoms. The summed E-state index contributed by atoms with van der Waals surface area (Å²) in [4.78, 5) is 21.8. The van der Waals surface area contributed by atoms with Crippen molar-refractivity contribution in [1.82, 2.24) is 20.5 Å². The van der Waals surface area contributed by atoms with Crippen molar-refractivity contribution >= 4 is 46.7 Å². The van der Waals surface area contributed by atoms with E-state index in [1.165, 1.54) is 16.5 Å². The molecule has 0 unspecified atom stereocenters. The molecular weight excluding hydrogens is 453 g/mol. The molecule has 0 aliphatic carbocycles. The van der Waals surface area contributed by atoms with Crippen LogP contribution in [0.2, 0.25) is 0 Å². The largest absolute Gasteiger partial charge is 0.361 e. The summed E-state index contributed by atoms with van der Waals surface area (Å²) < 4.78 is 0. The van der Waals surface area contributed by atoms with E-state index in [2.05, 4.69) is 45.0 Å². The molecule has 0 bridgehead atoms. The number of guanidine groups is 1. The fraction of sp³-hybridized carbons (Fsp3) is 0.500. The van der Waals surface area contributed by atoms with Gasteiger partial charge < -0.3 is 20.5 Å². The van der Waals surface area contributed by atoms with E-state index < -0.39 is 0 Å². The summed E-state index contributed by atoms with van der Waals surface area (Å²) in [6, 6.07) is 8.38. The van der Waals surface area contributed by atoms with E-state index in [0.29, 0.717) is 0 Å². The molecule has 1 aliphatic rings. The molecule has 3 rings (SSSR count). The van der Waals surface area contributed by atoms with E-state index in [1.807, 2.05) is 17.9 Å². The molecule has 0 saturated carbocycles. The molecule has 1 saturated heterocycles. The number of aromatic nitrogens is 1. The quantitative estimate of drug-likeness (QED) is 0.246. The van der Waals surface area contributed by atoms with Crippen molar-refractivity contribution in [2.45, 2.75) is 32.6 Å². The number of hydrogen-bond acceptors (Lipinski definition) is 2. The lowest BCUT2D eigenvalue weighted by molar-refractivity contribution is -0.128. The summed E-state index contributed by atoms with van der Waals surface area (Å²) in [6.07, 6.45) is 6.33. The van der Waals surface area contributed by atoms with Crippen molar-refractivity contribution in [2.75, 3.05) is 32.7 Å². The van der Waals surface area contributed by atoms with Gasteiger partial charge in [0.1, 0.15) is 6.54 Å². The van der Waals surface area contributed by atoms with Gasteiger partial charge in [0.15, 0.2) is 5.96 Å². The Bertz CT molecular complexity index is 752. The number of hydrogen-bond donors (Lipinski definition) is 3. The van der Waals surface area contributed by atoms with Crippen molar-refractivity contribution in [3.8, 4) is 0 Å². The number of amides is 1. The normalized spacial score (nSPS) is 14.3. The van der Waals surface area contributed by atoms with Gasteiger partial charge in [-0.15, -0.1) is 24.0 Å². The van der Waals surface area contributed by atoms with Crippen molar-refractivity contribution in [3.05, 3.63) is 36.0 Å². The summed E-state index contributed by atoms with van der Waals surface area (Å²) in [5.74, 6) is 0.845. The zero-order valence-electron chi connectivity index (χ0n) is 16.0. The molecule has 2 heterocycles. The van der Waals surface area contributed by atoms with E-state index in [9.17, 15) is 4.79 Å². The van der Waals surface area contributed by atoms with Crippen molar-refractivity contribution in [3.63, 3.8) is 0 Å². The van der Waals surface area contributed by atoms with Crippen LogP contribution in [-0.2, 0) is 11.2 Å². The monoisotopic (exact) mass is 483 g/mol. The number of aliphatic imine (C=N–C) groups is 1. The minimum absolute atomic E-state index is 0. The zero-order valence-corrected chi connectivity index (χ0v) is 18.3. The van der Waals surface area contributed by atoms with E-state index in [0.717, 1.165) is 57.8 Å². The summed E-state index contributed by atoms with van der Waals surface area (Å²) >= 11 is 0. The molecule has 1 aliphatic heterocycles. The molecule has 7 heteroatoms. The van der Waals surface area contributed by atoms with Crippen LogP contribution in [0.3, 0.4) is 0 Å². The van der Waals surface area contributed by atoms with E-state index in [-0.39, 0.29) is 36.4 Å².